The molecule has 1 unspecified atom stereocenters. The lowest BCUT2D eigenvalue weighted by Gasteiger charge is -2.37. The fourth-order valence-corrected chi connectivity index (χ4v) is 2.10. The molecular formula is C12H23N3O3. The maximum Gasteiger partial charge on any atom is 0.243 e. The van der Waals surface area contributed by atoms with E-state index in [1.165, 1.54) is 0 Å². The van der Waals surface area contributed by atoms with E-state index in [0.29, 0.717) is 26.2 Å². The van der Waals surface area contributed by atoms with Crippen LogP contribution in [0.2, 0.25) is 0 Å². The minimum absolute atomic E-state index is 0.0281. The molecule has 0 aromatic heterocycles. The smallest absolute Gasteiger partial charge is 0.243 e. The summed E-state index contributed by atoms with van der Waals surface area (Å²) in [4.78, 5) is 25.5. The van der Waals surface area contributed by atoms with Gasteiger partial charge < -0.3 is 20.3 Å². The molecule has 104 valence electrons. The van der Waals surface area contributed by atoms with E-state index in [-0.39, 0.29) is 30.3 Å². The van der Waals surface area contributed by atoms with E-state index >= 15 is 0 Å². The molecule has 1 aliphatic heterocycles. The molecule has 0 spiro atoms. The van der Waals surface area contributed by atoms with E-state index < -0.39 is 0 Å². The third-order valence-electron chi connectivity index (χ3n) is 2.97. The van der Waals surface area contributed by atoms with Crippen LogP contribution in [0.1, 0.15) is 13.8 Å². The zero-order valence-corrected chi connectivity index (χ0v) is 11.4. The molecule has 0 bridgehead atoms. The van der Waals surface area contributed by atoms with Gasteiger partial charge in [0.25, 0.3) is 0 Å². The summed E-state index contributed by atoms with van der Waals surface area (Å²) >= 11 is 0. The Kier molecular flexibility index (Phi) is 6.07. The van der Waals surface area contributed by atoms with Gasteiger partial charge in [0, 0.05) is 26.7 Å². The van der Waals surface area contributed by atoms with E-state index in [4.69, 9.17) is 4.74 Å². The molecule has 1 fully saturated rings. The van der Waals surface area contributed by atoms with Crippen molar-refractivity contribution in [2.24, 2.45) is 5.92 Å². The van der Waals surface area contributed by atoms with Gasteiger partial charge >= 0.3 is 0 Å². The Morgan fingerprint density at radius 2 is 2.33 bits per heavy atom. The molecule has 2 N–H and O–H groups in total. The maximum atomic E-state index is 12.1. The lowest BCUT2D eigenvalue weighted by atomic mass is 9.99. The van der Waals surface area contributed by atoms with Crippen LogP contribution in [0.25, 0.3) is 0 Å². The highest BCUT2D eigenvalue weighted by Crippen LogP contribution is 2.13. The molecule has 1 saturated heterocycles. The van der Waals surface area contributed by atoms with Crippen molar-refractivity contribution in [2.45, 2.75) is 19.9 Å². The van der Waals surface area contributed by atoms with Gasteiger partial charge in [-0.1, -0.05) is 13.8 Å². The number of carbonyl (C=O) groups excluding carboxylic acids is 2. The SMILES string of the molecule is COCCNCC(=O)N1CCNC(=O)C1C(C)C. The molecular weight excluding hydrogens is 234 g/mol. The van der Waals surface area contributed by atoms with E-state index in [0.717, 1.165) is 0 Å². The number of piperazine rings is 1. The number of carbonyl (C=O) groups is 2. The fourth-order valence-electron chi connectivity index (χ4n) is 2.10. The van der Waals surface area contributed by atoms with Gasteiger partial charge in [0.1, 0.15) is 6.04 Å². The molecule has 0 saturated carbocycles. The Hall–Kier alpha value is -1.14. The quantitative estimate of drug-likeness (QED) is 0.612. The van der Waals surface area contributed by atoms with Crippen LogP contribution in [-0.4, -0.2) is 62.7 Å². The summed E-state index contributed by atoms with van der Waals surface area (Å²) in [7, 11) is 1.62. The Balaban J connectivity index is 2.50. The lowest BCUT2D eigenvalue weighted by Crippen LogP contribution is -2.60. The Bertz CT molecular complexity index is 294. The van der Waals surface area contributed by atoms with Crippen LogP contribution in [0.4, 0.5) is 0 Å². The highest BCUT2D eigenvalue weighted by Gasteiger charge is 2.34. The molecule has 1 atom stereocenters. The number of nitrogens with zero attached hydrogens (tertiary/aromatic N) is 1. The largest absolute Gasteiger partial charge is 0.383 e. The molecule has 0 aromatic carbocycles. The number of nitrogens with one attached hydrogen (secondary N) is 2. The molecule has 1 heterocycles. The first-order valence-corrected chi connectivity index (χ1v) is 6.34. The molecule has 1 rings (SSSR count). The number of rotatable bonds is 6. The maximum absolute atomic E-state index is 12.1. The summed E-state index contributed by atoms with van der Waals surface area (Å²) in [6.07, 6.45) is 0. The van der Waals surface area contributed by atoms with Crippen LogP contribution in [0.5, 0.6) is 0 Å². The summed E-state index contributed by atoms with van der Waals surface area (Å²) in [5.74, 6) is 0.0365. The Morgan fingerprint density at radius 1 is 1.61 bits per heavy atom. The average Bonchev–Trinajstić information content (AvgIpc) is 2.33. The second-order valence-corrected chi connectivity index (χ2v) is 4.74. The van der Waals surface area contributed by atoms with Gasteiger partial charge in [-0.15, -0.1) is 0 Å². The predicted octanol–water partition coefficient (Wildman–Crippen LogP) is -0.795. The number of hydrogen-bond acceptors (Lipinski definition) is 4. The summed E-state index contributed by atoms with van der Waals surface area (Å²) in [5, 5.41) is 5.81. The van der Waals surface area contributed by atoms with Crippen LogP contribution in [0.15, 0.2) is 0 Å². The van der Waals surface area contributed by atoms with Crippen LogP contribution >= 0.6 is 0 Å². The minimum Gasteiger partial charge on any atom is -0.383 e. The molecule has 0 radical (unpaired) electrons. The first kappa shape index (κ1) is 14.9. The Morgan fingerprint density at radius 3 is 2.94 bits per heavy atom. The van der Waals surface area contributed by atoms with Crippen LogP contribution in [0, 0.1) is 5.92 Å². The normalized spacial score (nSPS) is 20.1. The van der Waals surface area contributed by atoms with Crippen LogP contribution in [-0.2, 0) is 14.3 Å². The topological polar surface area (TPSA) is 70.7 Å². The molecule has 2 amide bonds. The van der Waals surface area contributed by atoms with Crippen molar-refractivity contribution in [1.29, 1.82) is 0 Å². The van der Waals surface area contributed by atoms with E-state index in [1.54, 1.807) is 12.0 Å². The average molecular weight is 257 g/mol. The summed E-state index contributed by atoms with van der Waals surface area (Å²) in [6, 6.07) is -0.351. The number of amides is 2. The van der Waals surface area contributed by atoms with Gasteiger partial charge in [0.2, 0.25) is 11.8 Å². The highest BCUT2D eigenvalue weighted by atomic mass is 16.5. The van der Waals surface area contributed by atoms with Crippen LogP contribution < -0.4 is 10.6 Å². The second-order valence-electron chi connectivity index (χ2n) is 4.74. The van der Waals surface area contributed by atoms with E-state index in [2.05, 4.69) is 10.6 Å². The molecule has 6 nitrogen and oxygen atoms in total. The van der Waals surface area contributed by atoms with Gasteiger partial charge in [-0.3, -0.25) is 9.59 Å². The summed E-state index contributed by atoms with van der Waals surface area (Å²) in [5.41, 5.74) is 0. The summed E-state index contributed by atoms with van der Waals surface area (Å²) in [6.45, 7) is 6.48. The first-order chi connectivity index (χ1) is 8.57. The molecule has 0 aromatic rings. The third-order valence-corrected chi connectivity index (χ3v) is 2.97. The predicted molar refractivity (Wildman–Crippen MR) is 68.1 cm³/mol. The van der Waals surface area contributed by atoms with E-state index in [9.17, 15) is 9.59 Å². The number of hydrogen-bond donors (Lipinski definition) is 2. The summed E-state index contributed by atoms with van der Waals surface area (Å²) < 4.78 is 4.89. The van der Waals surface area contributed by atoms with E-state index in [1.807, 2.05) is 13.8 Å². The highest BCUT2D eigenvalue weighted by molar-refractivity contribution is 5.89. The van der Waals surface area contributed by atoms with Crippen LogP contribution in [0.3, 0.4) is 0 Å². The monoisotopic (exact) mass is 257 g/mol. The van der Waals surface area contributed by atoms with Crippen molar-refractivity contribution in [3.8, 4) is 0 Å². The van der Waals surface area contributed by atoms with Crippen molar-refractivity contribution < 1.29 is 14.3 Å². The van der Waals surface area contributed by atoms with Gasteiger partial charge in [-0.2, -0.15) is 0 Å². The van der Waals surface area contributed by atoms with Gasteiger partial charge in [-0.05, 0) is 5.92 Å². The zero-order valence-electron chi connectivity index (χ0n) is 11.4. The minimum atomic E-state index is -0.351. The van der Waals surface area contributed by atoms with Gasteiger partial charge in [0.05, 0.1) is 13.2 Å². The van der Waals surface area contributed by atoms with Crippen molar-refractivity contribution in [1.82, 2.24) is 15.5 Å². The van der Waals surface area contributed by atoms with Crippen molar-refractivity contribution in [2.75, 3.05) is 39.9 Å². The van der Waals surface area contributed by atoms with Gasteiger partial charge in [0.15, 0.2) is 0 Å². The number of ether oxygens (including phenoxy) is 1. The second kappa shape index (κ2) is 7.33. The molecule has 18 heavy (non-hydrogen) atoms. The fraction of sp³-hybridized carbons (Fsp3) is 0.833. The molecule has 1 aliphatic rings. The third kappa shape index (κ3) is 3.96. The van der Waals surface area contributed by atoms with Crippen molar-refractivity contribution in [3.63, 3.8) is 0 Å². The Labute approximate surface area is 108 Å². The first-order valence-electron chi connectivity index (χ1n) is 6.34. The standard InChI is InChI=1S/C12H23N3O3/c1-9(2)11-12(17)14-4-6-15(11)10(16)8-13-5-7-18-3/h9,11,13H,4-8H2,1-3H3,(H,14,17). The van der Waals surface area contributed by atoms with Crippen molar-refractivity contribution >= 4 is 11.8 Å². The number of methoxy groups -OCH3 is 1. The van der Waals surface area contributed by atoms with Gasteiger partial charge in [-0.25, -0.2) is 0 Å². The lowest BCUT2D eigenvalue weighted by molar-refractivity contribution is -0.144. The molecule has 6 heteroatoms. The molecule has 0 aliphatic carbocycles. The van der Waals surface area contributed by atoms with Crippen molar-refractivity contribution in [3.05, 3.63) is 0 Å². The zero-order chi connectivity index (χ0) is 13.5.